The minimum atomic E-state index is -4.63. The van der Waals surface area contributed by atoms with E-state index in [0.29, 0.717) is 11.2 Å². The van der Waals surface area contributed by atoms with Gasteiger partial charge in [0.25, 0.3) is 0 Å². The molecule has 0 spiro atoms. The fraction of sp³-hybridized carbons (Fsp3) is 0.708. The highest BCUT2D eigenvalue weighted by Gasteiger charge is 2.49. The number of alkyl carbamates (subject to hydrolysis) is 1. The highest BCUT2D eigenvalue weighted by molar-refractivity contribution is 7.90. The Morgan fingerprint density at radius 2 is 1.74 bits per heavy atom. The van der Waals surface area contributed by atoms with Gasteiger partial charge in [0.2, 0.25) is 0 Å². The van der Waals surface area contributed by atoms with Crippen molar-refractivity contribution in [2.24, 2.45) is 0 Å². The van der Waals surface area contributed by atoms with Crippen molar-refractivity contribution in [1.82, 2.24) is 24.6 Å². The third-order valence-corrected chi connectivity index (χ3v) is 6.85. The number of imidazole rings is 1. The molecular weight excluding hydrogens is 527 g/mol. The van der Waals surface area contributed by atoms with Crippen molar-refractivity contribution < 1.29 is 36.7 Å². The Balaban J connectivity index is 2.39. The minimum absolute atomic E-state index is 0.205. The molecule has 0 fully saturated rings. The number of methoxy groups -OCH3 is 1. The Morgan fingerprint density at radius 3 is 2.26 bits per heavy atom. The zero-order valence-electron chi connectivity index (χ0n) is 23.2. The Bertz CT molecular complexity index is 1080. The molecule has 0 aromatic carbocycles. The van der Waals surface area contributed by atoms with Gasteiger partial charge in [-0.1, -0.05) is 0 Å². The summed E-state index contributed by atoms with van der Waals surface area (Å²) in [5, 5.41) is 6.88. The molecule has 0 radical (unpaired) electrons. The SMILES string of the molecule is COCC(N[S@+]([O-])C(C)(C)C)c1cnn2cc([C@H](COC(C)(C)C(F)(F)F)NC(=O)OC(C)(C)C)nc2c1. The van der Waals surface area contributed by atoms with Gasteiger partial charge >= 0.3 is 12.3 Å². The van der Waals surface area contributed by atoms with Crippen LogP contribution in [0.3, 0.4) is 0 Å². The number of nitrogens with zero attached hydrogens (tertiary/aromatic N) is 3. The van der Waals surface area contributed by atoms with Crippen LogP contribution >= 0.6 is 0 Å². The van der Waals surface area contributed by atoms with Crippen molar-refractivity contribution in [3.05, 3.63) is 29.7 Å². The number of hydrogen-bond donors (Lipinski definition) is 2. The van der Waals surface area contributed by atoms with Crippen LogP contribution in [0.25, 0.3) is 5.65 Å². The van der Waals surface area contributed by atoms with Crippen LogP contribution in [0.15, 0.2) is 18.5 Å². The topological polar surface area (TPSA) is 122 Å². The molecule has 0 aliphatic rings. The van der Waals surface area contributed by atoms with Gasteiger partial charge in [-0.2, -0.15) is 18.3 Å². The number of fused-ring (bicyclic) bond motifs is 1. The molecular formula is C24H38F3N5O5S. The maximum Gasteiger partial charge on any atom is 0.416 e. The molecule has 1 amide bonds. The normalized spacial score (nSPS) is 15.8. The molecule has 3 atom stereocenters. The number of amides is 1. The van der Waals surface area contributed by atoms with Gasteiger partial charge in [-0.25, -0.2) is 14.3 Å². The average Bonchev–Trinajstić information content (AvgIpc) is 3.16. The predicted octanol–water partition coefficient (Wildman–Crippen LogP) is 4.39. The van der Waals surface area contributed by atoms with Crippen LogP contribution in [0, 0.1) is 0 Å². The zero-order valence-corrected chi connectivity index (χ0v) is 24.0. The molecule has 14 heteroatoms. The lowest BCUT2D eigenvalue weighted by atomic mass is 10.1. The van der Waals surface area contributed by atoms with Gasteiger partial charge in [0.05, 0.1) is 37.3 Å². The molecule has 2 heterocycles. The molecule has 0 aliphatic carbocycles. The molecule has 2 aromatic heterocycles. The van der Waals surface area contributed by atoms with E-state index >= 15 is 0 Å². The number of hydrogen-bond acceptors (Lipinski definition) is 8. The molecule has 38 heavy (non-hydrogen) atoms. The summed E-state index contributed by atoms with van der Waals surface area (Å²) >= 11 is -1.39. The summed E-state index contributed by atoms with van der Waals surface area (Å²) in [6, 6.07) is 0.153. The maximum atomic E-state index is 13.4. The first kappa shape index (κ1) is 32.1. The molecule has 0 bridgehead atoms. The van der Waals surface area contributed by atoms with Gasteiger partial charge < -0.3 is 24.1 Å². The zero-order chi connectivity index (χ0) is 29.1. The van der Waals surface area contributed by atoms with Gasteiger partial charge in [-0.15, -0.1) is 4.72 Å². The largest absolute Gasteiger partial charge is 0.598 e. The van der Waals surface area contributed by atoms with E-state index in [1.807, 2.05) is 20.8 Å². The van der Waals surface area contributed by atoms with Crippen molar-refractivity contribution >= 4 is 23.1 Å². The third kappa shape index (κ3) is 8.97. The van der Waals surface area contributed by atoms with Crippen molar-refractivity contribution in [3.63, 3.8) is 0 Å². The molecule has 1 unspecified atom stereocenters. The number of carbonyl (C=O) groups excluding carboxylic acids is 1. The van der Waals surface area contributed by atoms with E-state index in [0.717, 1.165) is 13.8 Å². The summed E-state index contributed by atoms with van der Waals surface area (Å²) in [5.74, 6) is 0. The van der Waals surface area contributed by atoms with Gasteiger partial charge in [0.15, 0.2) is 11.2 Å². The fourth-order valence-corrected chi connectivity index (χ4v) is 3.78. The monoisotopic (exact) mass is 565 g/mol. The van der Waals surface area contributed by atoms with Gasteiger partial charge in [-0.05, 0) is 67.0 Å². The highest BCUT2D eigenvalue weighted by atomic mass is 32.2. The van der Waals surface area contributed by atoms with Crippen molar-refractivity contribution in [2.75, 3.05) is 20.3 Å². The maximum absolute atomic E-state index is 13.4. The molecule has 0 saturated carbocycles. The Labute approximate surface area is 224 Å². The Hall–Kier alpha value is -2.13. The second kappa shape index (κ2) is 11.9. The molecule has 2 aromatic rings. The van der Waals surface area contributed by atoms with Crippen molar-refractivity contribution in [1.29, 1.82) is 0 Å². The van der Waals surface area contributed by atoms with E-state index in [9.17, 15) is 22.5 Å². The summed E-state index contributed by atoms with van der Waals surface area (Å²) < 4.78 is 72.5. The number of alkyl halides is 3. The lowest BCUT2D eigenvalue weighted by Gasteiger charge is -2.30. The second-order valence-electron chi connectivity index (χ2n) is 11.3. The quantitative estimate of drug-likeness (QED) is 0.407. The summed E-state index contributed by atoms with van der Waals surface area (Å²) in [7, 11) is 1.52. The Kier molecular flexibility index (Phi) is 10.1. The van der Waals surface area contributed by atoms with E-state index in [2.05, 4.69) is 20.1 Å². The molecule has 10 nitrogen and oxygen atoms in total. The third-order valence-electron chi connectivity index (χ3n) is 5.24. The van der Waals surface area contributed by atoms with Crippen LogP contribution in [-0.4, -0.2) is 67.7 Å². The molecule has 0 saturated heterocycles. The lowest BCUT2D eigenvalue weighted by Crippen LogP contribution is -2.44. The Morgan fingerprint density at radius 1 is 1.11 bits per heavy atom. The van der Waals surface area contributed by atoms with Crippen molar-refractivity contribution in [2.45, 2.75) is 89.6 Å². The van der Waals surface area contributed by atoms with Crippen LogP contribution in [0.5, 0.6) is 0 Å². The molecule has 2 N–H and O–H groups in total. The predicted molar refractivity (Wildman–Crippen MR) is 137 cm³/mol. The van der Waals surface area contributed by atoms with Crippen molar-refractivity contribution in [3.8, 4) is 0 Å². The van der Waals surface area contributed by atoms with E-state index in [4.69, 9.17) is 14.2 Å². The second-order valence-corrected chi connectivity index (χ2v) is 13.3. The number of carbonyl (C=O) groups is 1. The highest BCUT2D eigenvalue weighted by Crippen LogP contribution is 2.34. The fourth-order valence-electron chi connectivity index (χ4n) is 2.96. The molecule has 0 aliphatic heterocycles. The number of halogens is 3. The smallest absolute Gasteiger partial charge is 0.416 e. The van der Waals surface area contributed by atoms with Crippen LogP contribution in [0.2, 0.25) is 0 Å². The van der Waals surface area contributed by atoms with Gasteiger partial charge in [-0.3, -0.25) is 0 Å². The number of ether oxygens (including phenoxy) is 3. The van der Waals surface area contributed by atoms with Crippen LogP contribution in [0.1, 0.15) is 78.7 Å². The first-order valence-electron chi connectivity index (χ1n) is 12.0. The van der Waals surface area contributed by atoms with E-state index in [1.165, 1.54) is 17.8 Å². The first-order valence-corrected chi connectivity index (χ1v) is 13.1. The lowest BCUT2D eigenvalue weighted by molar-refractivity contribution is -0.265. The number of rotatable bonds is 10. The van der Waals surface area contributed by atoms with Gasteiger partial charge in [0.1, 0.15) is 16.4 Å². The standard InChI is InChI=1S/C24H38F3N5O5S/c1-21(2,3)37-20(33)30-18(14-36-23(7,8)24(25,26)27)16-12-32-19(29-16)10-15(11-28-32)17(13-35-9)31-38(34)22(4,5)6/h10-12,17-18,31H,13-14H2,1-9H3,(H,30,33)/t17?,18-,38+/m0/s1. The first-order chi connectivity index (χ1) is 17.2. The van der Waals surface area contributed by atoms with Crippen LogP contribution in [0.4, 0.5) is 18.0 Å². The van der Waals surface area contributed by atoms with E-state index < -0.39 is 58.3 Å². The van der Waals surface area contributed by atoms with E-state index in [-0.39, 0.29) is 12.3 Å². The molecule has 216 valence electrons. The summed E-state index contributed by atoms with van der Waals surface area (Å²) in [4.78, 5) is 16.9. The molecule has 2 rings (SSSR count). The summed E-state index contributed by atoms with van der Waals surface area (Å²) in [6.07, 6.45) is -2.43. The number of nitrogens with one attached hydrogen (secondary N) is 2. The summed E-state index contributed by atoms with van der Waals surface area (Å²) in [6.45, 7) is 12.0. The van der Waals surface area contributed by atoms with Gasteiger partial charge in [0, 0.05) is 18.5 Å². The minimum Gasteiger partial charge on any atom is -0.598 e. The van der Waals surface area contributed by atoms with Crippen LogP contribution in [-0.2, 0) is 25.6 Å². The number of aromatic nitrogens is 3. The average molecular weight is 566 g/mol. The van der Waals surface area contributed by atoms with E-state index in [1.54, 1.807) is 33.0 Å². The van der Waals surface area contributed by atoms with Crippen LogP contribution < -0.4 is 10.0 Å². The summed E-state index contributed by atoms with van der Waals surface area (Å²) in [5.41, 5.74) is -2.08.